The van der Waals surface area contributed by atoms with Gasteiger partial charge in [-0.1, -0.05) is 67.6 Å². The van der Waals surface area contributed by atoms with Gasteiger partial charge in [0.15, 0.2) is 11.6 Å². The molecule has 9 nitrogen and oxygen atoms in total. The van der Waals surface area contributed by atoms with E-state index in [1.165, 1.54) is 15.9 Å². The number of hydrogen-bond donors (Lipinski definition) is 5. The molecule has 1 fully saturated rings. The molecule has 2 amide bonds. The van der Waals surface area contributed by atoms with Crippen LogP contribution in [-0.4, -0.2) is 44.9 Å². The maximum Gasteiger partial charge on any atom is 0.255 e. The Balaban J connectivity index is 1.06. The minimum absolute atomic E-state index is 0.0279. The minimum Gasteiger partial charge on any atom is -0.511 e. The number of carbonyl (C=O) groups excluding carboxylic acids is 4. The third kappa shape index (κ3) is 6.41. The first-order chi connectivity index (χ1) is 26.0. The summed E-state index contributed by atoms with van der Waals surface area (Å²) in [5.74, 6) is -6.62. The van der Waals surface area contributed by atoms with Crippen molar-refractivity contribution in [3.63, 3.8) is 0 Å². The number of fused-ring (bicyclic) bond motifs is 3. The number of allylic oxidation sites excluding steroid dienone is 2. The normalized spacial score (nSPS) is 20.9. The van der Waals surface area contributed by atoms with E-state index in [4.69, 9.17) is 5.73 Å². The fourth-order valence-corrected chi connectivity index (χ4v) is 13.3. The zero-order chi connectivity index (χ0) is 38.1. The van der Waals surface area contributed by atoms with Crippen molar-refractivity contribution in [3.05, 3.63) is 131 Å². The van der Waals surface area contributed by atoms with Crippen molar-refractivity contribution in [2.45, 2.75) is 51.4 Å². The number of benzene rings is 4. The maximum atomic E-state index is 13.9. The summed E-state index contributed by atoms with van der Waals surface area (Å²) < 4.78 is 0. The van der Waals surface area contributed by atoms with Gasteiger partial charge < -0.3 is 26.4 Å². The van der Waals surface area contributed by atoms with Gasteiger partial charge in [0.1, 0.15) is 46.0 Å². The van der Waals surface area contributed by atoms with Crippen LogP contribution in [0.5, 0.6) is 5.75 Å². The van der Waals surface area contributed by atoms with Gasteiger partial charge in [-0.15, -0.1) is 0 Å². The highest BCUT2D eigenvalue weighted by Crippen LogP contribution is 2.57. The summed E-state index contributed by atoms with van der Waals surface area (Å²) in [7, 11) is -1.98. The topological polar surface area (TPSA) is 167 Å². The van der Waals surface area contributed by atoms with Crippen molar-refractivity contribution in [1.29, 1.82) is 0 Å². The van der Waals surface area contributed by atoms with Gasteiger partial charge in [-0.05, 0) is 91.5 Å². The minimum atomic E-state index is -1.98. The molecule has 4 aromatic carbocycles. The number of carbonyl (C=O) groups is 4. The molecular formula is C44H44N2O7P+. The Morgan fingerprint density at radius 1 is 0.796 bits per heavy atom. The molecule has 54 heavy (non-hydrogen) atoms. The van der Waals surface area contributed by atoms with Crippen LogP contribution < -0.4 is 27.0 Å². The molecule has 3 aliphatic carbocycles. The number of aromatic hydroxyl groups is 1. The van der Waals surface area contributed by atoms with E-state index < -0.39 is 59.6 Å². The lowest BCUT2D eigenvalue weighted by Gasteiger charge is -2.43. The predicted molar refractivity (Wildman–Crippen MR) is 212 cm³/mol. The van der Waals surface area contributed by atoms with Crippen LogP contribution in [0.2, 0.25) is 0 Å². The summed E-state index contributed by atoms with van der Waals surface area (Å²) in [6.07, 6.45) is 3.71. The summed E-state index contributed by atoms with van der Waals surface area (Å²) >= 11 is 0. The Morgan fingerprint density at radius 3 is 1.93 bits per heavy atom. The highest BCUT2D eigenvalue weighted by Gasteiger charge is 2.52. The Bertz CT molecular complexity index is 2090. The SMILES string of the molecule is C[C@H]1c2ccc(NC(=O)CCCCC[P+](c3ccccc3)(c3ccccc3)c3ccccc3)c(O)c2C(O)=C2C(=O)C3C(O)=C(C(N)=O)C(=O)CC3CC21. The van der Waals surface area contributed by atoms with Crippen LogP contribution in [-0.2, 0) is 19.2 Å². The number of phenolic OH excluding ortho intramolecular Hbond substituents is 1. The van der Waals surface area contributed by atoms with E-state index in [0.717, 1.165) is 19.0 Å². The van der Waals surface area contributed by atoms with Crippen LogP contribution in [0.3, 0.4) is 0 Å². The highest BCUT2D eigenvalue weighted by atomic mass is 31.2. The summed E-state index contributed by atoms with van der Waals surface area (Å²) in [6, 6.07) is 35.4. The molecule has 0 radical (unpaired) electrons. The monoisotopic (exact) mass is 743 g/mol. The van der Waals surface area contributed by atoms with E-state index in [2.05, 4.69) is 78.1 Å². The number of unbranched alkanes of at least 4 members (excludes halogenated alkanes) is 2. The number of nitrogens with two attached hydrogens (primary N) is 1. The van der Waals surface area contributed by atoms with Gasteiger partial charge in [-0.25, -0.2) is 0 Å². The van der Waals surface area contributed by atoms with Crippen LogP contribution in [0.4, 0.5) is 5.69 Å². The second-order valence-electron chi connectivity index (χ2n) is 14.6. The maximum absolute atomic E-state index is 13.9. The van der Waals surface area contributed by atoms with Gasteiger partial charge in [0.25, 0.3) is 5.91 Å². The number of rotatable bonds is 11. The van der Waals surface area contributed by atoms with Crippen LogP contribution in [0.15, 0.2) is 120 Å². The van der Waals surface area contributed by atoms with E-state index in [9.17, 15) is 34.5 Å². The number of hydrogen-bond acceptors (Lipinski definition) is 7. The van der Waals surface area contributed by atoms with Crippen molar-refractivity contribution in [1.82, 2.24) is 0 Å². The number of phenols is 1. The molecule has 4 aromatic rings. The lowest BCUT2D eigenvalue weighted by Crippen LogP contribution is -2.45. The summed E-state index contributed by atoms with van der Waals surface area (Å²) in [5, 5.41) is 40.6. The number of amides is 2. The molecule has 4 atom stereocenters. The molecule has 7 rings (SSSR count). The average Bonchev–Trinajstić information content (AvgIpc) is 3.16. The molecule has 1 saturated carbocycles. The van der Waals surface area contributed by atoms with E-state index >= 15 is 0 Å². The molecule has 3 unspecified atom stereocenters. The second-order valence-corrected chi connectivity index (χ2v) is 18.2. The first-order valence-corrected chi connectivity index (χ1v) is 20.5. The fourth-order valence-electron chi connectivity index (χ4n) is 8.93. The largest absolute Gasteiger partial charge is 0.511 e. The van der Waals surface area contributed by atoms with E-state index in [1.807, 2.05) is 25.1 Å². The van der Waals surface area contributed by atoms with Gasteiger partial charge in [0.2, 0.25) is 5.91 Å². The van der Waals surface area contributed by atoms with Crippen LogP contribution in [0, 0.1) is 17.8 Å². The molecule has 0 aliphatic heterocycles. The van der Waals surface area contributed by atoms with E-state index in [1.54, 1.807) is 12.1 Å². The van der Waals surface area contributed by atoms with Gasteiger partial charge in [-0.2, -0.15) is 0 Å². The molecule has 3 aliphatic rings. The third-order valence-electron chi connectivity index (χ3n) is 11.5. The molecule has 0 aromatic heterocycles. The second kappa shape index (κ2) is 15.1. The van der Waals surface area contributed by atoms with Crippen LogP contribution in [0.1, 0.15) is 62.5 Å². The smallest absolute Gasteiger partial charge is 0.255 e. The predicted octanol–water partition coefficient (Wildman–Crippen LogP) is 6.36. The molecule has 0 heterocycles. The number of primary amides is 1. The van der Waals surface area contributed by atoms with Crippen molar-refractivity contribution < 1.29 is 34.5 Å². The standard InChI is InChI=1S/C44H43N2O7P/c1-26-31-21-22-33(40(49)37(31)43(52)38-32(26)24-27-25-34(47)39(44(45)53)42(51)36(27)41(38)50)46-35(48)20-12-5-13-23-54(28-14-6-2-7-15-28,29-16-8-3-9-17-29)30-18-10-4-11-19-30/h2-4,6-11,14-19,21-22,26-27,32,36H,5,12-13,20,23-25H2,1H3,(H5-,45,46,47,48,49,50,51,52,53)/p+1/t26-,27?,32?,36?/m0/s1. The zero-order valence-corrected chi connectivity index (χ0v) is 31.0. The van der Waals surface area contributed by atoms with Crippen LogP contribution >= 0.6 is 7.26 Å². The molecule has 10 heteroatoms. The Labute approximate surface area is 315 Å². The average molecular weight is 744 g/mol. The van der Waals surface area contributed by atoms with Gasteiger partial charge >= 0.3 is 0 Å². The van der Waals surface area contributed by atoms with Crippen molar-refractivity contribution in [2.75, 3.05) is 11.5 Å². The number of Topliss-reactive ketones (excluding diaryl/α,β-unsaturated/α-hetero) is 2. The number of nitrogens with one attached hydrogen (secondary N) is 1. The number of aliphatic hydroxyl groups is 2. The number of anilines is 1. The lowest BCUT2D eigenvalue weighted by atomic mass is 9.59. The highest BCUT2D eigenvalue weighted by molar-refractivity contribution is 7.95. The molecular weight excluding hydrogens is 699 g/mol. The van der Waals surface area contributed by atoms with Crippen molar-refractivity contribution in [3.8, 4) is 5.75 Å². The fraction of sp³-hybridized carbons (Fsp3) is 0.273. The Kier molecular flexibility index (Phi) is 10.3. The van der Waals surface area contributed by atoms with E-state index in [0.29, 0.717) is 18.4 Å². The summed E-state index contributed by atoms with van der Waals surface area (Å²) in [5.41, 5.74) is 5.56. The van der Waals surface area contributed by atoms with Gasteiger partial charge in [0.05, 0.1) is 23.3 Å². The number of ketones is 2. The number of aliphatic hydroxyl groups excluding tert-OH is 2. The van der Waals surface area contributed by atoms with Gasteiger partial charge in [0, 0.05) is 18.4 Å². The zero-order valence-electron chi connectivity index (χ0n) is 30.1. The van der Waals surface area contributed by atoms with Crippen molar-refractivity contribution >= 4 is 58.0 Å². The molecule has 276 valence electrons. The third-order valence-corrected chi connectivity index (χ3v) is 16.1. The van der Waals surface area contributed by atoms with Crippen molar-refractivity contribution in [2.24, 2.45) is 23.5 Å². The first-order valence-electron chi connectivity index (χ1n) is 18.5. The first kappa shape index (κ1) is 36.8. The molecule has 0 saturated heterocycles. The van der Waals surface area contributed by atoms with Gasteiger partial charge in [-0.3, -0.25) is 19.2 Å². The van der Waals surface area contributed by atoms with E-state index in [-0.39, 0.29) is 47.2 Å². The summed E-state index contributed by atoms with van der Waals surface area (Å²) in [4.78, 5) is 51.7. The Morgan fingerprint density at radius 2 is 1.37 bits per heavy atom. The molecule has 0 spiro atoms. The molecule has 0 bridgehead atoms. The quantitative estimate of drug-likeness (QED) is 0.0516. The Hall–Kier alpha value is -5.53. The van der Waals surface area contributed by atoms with Crippen LogP contribution in [0.25, 0.3) is 5.76 Å². The molecule has 6 N–H and O–H groups in total. The lowest BCUT2D eigenvalue weighted by molar-refractivity contribution is -0.128. The summed E-state index contributed by atoms with van der Waals surface area (Å²) in [6.45, 7) is 1.88.